The Morgan fingerprint density at radius 2 is 1.96 bits per heavy atom. The number of amides is 1. The van der Waals surface area contributed by atoms with Crippen LogP contribution in [-0.4, -0.2) is 50.4 Å². The molecule has 1 amide bonds. The summed E-state index contributed by atoms with van der Waals surface area (Å²) in [4.78, 5) is 14.3. The van der Waals surface area contributed by atoms with E-state index in [2.05, 4.69) is 24.4 Å². The first kappa shape index (κ1) is 19.9. The molecule has 5 nitrogen and oxygen atoms in total. The highest BCUT2D eigenvalue weighted by Gasteiger charge is 2.34. The van der Waals surface area contributed by atoms with Crippen LogP contribution in [-0.2, 0) is 21.1 Å². The van der Waals surface area contributed by atoms with Crippen LogP contribution in [0.5, 0.6) is 0 Å². The average molecular weight is 361 g/mol. The van der Waals surface area contributed by atoms with Crippen molar-refractivity contribution in [2.75, 3.05) is 25.9 Å². The van der Waals surface area contributed by atoms with Gasteiger partial charge in [0.1, 0.15) is 5.25 Å². The first-order valence-corrected chi connectivity index (χ1v) is 9.59. The first-order chi connectivity index (χ1) is 10.3. The Morgan fingerprint density at radius 1 is 1.35 bits per heavy atom. The Balaban J connectivity index is 0.00000264. The zero-order valence-electron chi connectivity index (χ0n) is 13.8. The number of nitrogens with one attached hydrogen (secondary N) is 1. The highest BCUT2D eigenvalue weighted by Crippen LogP contribution is 2.24. The van der Waals surface area contributed by atoms with Crippen LogP contribution in [0.15, 0.2) is 24.3 Å². The molecule has 1 aliphatic rings. The number of halogens is 1. The van der Waals surface area contributed by atoms with Crippen molar-refractivity contribution in [3.63, 3.8) is 0 Å². The van der Waals surface area contributed by atoms with Gasteiger partial charge >= 0.3 is 0 Å². The molecule has 1 fully saturated rings. The third kappa shape index (κ3) is 4.68. The minimum Gasteiger partial charge on any atom is -0.332 e. The van der Waals surface area contributed by atoms with Crippen LogP contribution in [0.25, 0.3) is 0 Å². The maximum absolute atomic E-state index is 12.6. The van der Waals surface area contributed by atoms with Crippen molar-refractivity contribution in [1.82, 2.24) is 10.2 Å². The van der Waals surface area contributed by atoms with Crippen LogP contribution >= 0.6 is 12.4 Å². The number of rotatable bonds is 4. The molecule has 1 N–H and O–H groups in total. The Labute approximate surface area is 144 Å². The number of nitrogens with zero attached hydrogens (tertiary/aromatic N) is 1. The molecule has 0 aromatic heterocycles. The van der Waals surface area contributed by atoms with Gasteiger partial charge in [-0.1, -0.05) is 31.2 Å². The molecule has 0 bridgehead atoms. The molecule has 1 saturated heterocycles. The van der Waals surface area contributed by atoms with Gasteiger partial charge < -0.3 is 10.2 Å². The minimum absolute atomic E-state index is 0. The van der Waals surface area contributed by atoms with Crippen LogP contribution in [0.2, 0.25) is 0 Å². The van der Waals surface area contributed by atoms with Gasteiger partial charge in [0.2, 0.25) is 5.91 Å². The van der Waals surface area contributed by atoms with Gasteiger partial charge in [-0.25, -0.2) is 8.42 Å². The molecule has 2 rings (SSSR count). The predicted octanol–water partition coefficient (Wildman–Crippen LogP) is 1.58. The van der Waals surface area contributed by atoms with Crippen molar-refractivity contribution >= 4 is 28.2 Å². The van der Waals surface area contributed by atoms with E-state index in [1.54, 1.807) is 4.90 Å². The molecule has 2 atom stereocenters. The number of sulfone groups is 1. The molecule has 130 valence electrons. The maximum Gasteiger partial charge on any atom is 0.241 e. The molecule has 0 aliphatic carbocycles. The second kappa shape index (κ2) is 8.13. The van der Waals surface area contributed by atoms with Gasteiger partial charge in [0.25, 0.3) is 0 Å². The van der Waals surface area contributed by atoms with Crippen LogP contribution < -0.4 is 5.32 Å². The molecule has 1 aromatic rings. The van der Waals surface area contributed by atoms with E-state index in [9.17, 15) is 13.2 Å². The lowest BCUT2D eigenvalue weighted by molar-refractivity contribution is -0.133. The summed E-state index contributed by atoms with van der Waals surface area (Å²) >= 11 is 0. The smallest absolute Gasteiger partial charge is 0.241 e. The SMILES string of the molecule is CCc1ccc(C2CNCCN2C(=O)C(C)S(C)(=O)=O)cc1.Cl. The number of piperazine rings is 1. The van der Waals surface area contributed by atoms with Gasteiger partial charge in [-0.3, -0.25) is 4.79 Å². The fourth-order valence-electron chi connectivity index (χ4n) is 2.66. The van der Waals surface area contributed by atoms with E-state index in [4.69, 9.17) is 0 Å². The Bertz CT molecular complexity index is 631. The number of hydrogen-bond acceptors (Lipinski definition) is 4. The summed E-state index contributed by atoms with van der Waals surface area (Å²) in [6.45, 7) is 5.43. The fourth-order valence-corrected chi connectivity index (χ4v) is 3.16. The summed E-state index contributed by atoms with van der Waals surface area (Å²) < 4.78 is 23.4. The molecule has 7 heteroatoms. The van der Waals surface area contributed by atoms with Crippen LogP contribution in [0.4, 0.5) is 0 Å². The number of benzene rings is 1. The summed E-state index contributed by atoms with van der Waals surface area (Å²) in [5.41, 5.74) is 2.29. The van der Waals surface area contributed by atoms with E-state index in [1.165, 1.54) is 12.5 Å². The van der Waals surface area contributed by atoms with Gasteiger partial charge in [-0.15, -0.1) is 12.4 Å². The van der Waals surface area contributed by atoms with Gasteiger partial charge in [-0.2, -0.15) is 0 Å². The molecule has 23 heavy (non-hydrogen) atoms. The summed E-state index contributed by atoms with van der Waals surface area (Å²) in [7, 11) is -3.38. The molecular weight excluding hydrogens is 336 g/mol. The lowest BCUT2D eigenvalue weighted by Gasteiger charge is -2.37. The second-order valence-electron chi connectivity index (χ2n) is 5.82. The van der Waals surface area contributed by atoms with E-state index in [-0.39, 0.29) is 24.4 Å². The zero-order chi connectivity index (χ0) is 16.3. The van der Waals surface area contributed by atoms with E-state index in [1.807, 2.05) is 12.1 Å². The molecule has 0 saturated carbocycles. The van der Waals surface area contributed by atoms with E-state index >= 15 is 0 Å². The van der Waals surface area contributed by atoms with Crippen molar-refractivity contribution in [2.24, 2.45) is 0 Å². The van der Waals surface area contributed by atoms with Crippen molar-refractivity contribution in [3.8, 4) is 0 Å². The van der Waals surface area contributed by atoms with Crippen molar-refractivity contribution in [1.29, 1.82) is 0 Å². The molecule has 0 spiro atoms. The number of carbonyl (C=O) groups excluding carboxylic acids is 1. The Hall–Kier alpha value is -1.11. The summed E-state index contributed by atoms with van der Waals surface area (Å²) in [5.74, 6) is -0.312. The normalized spacial score (nSPS) is 19.8. The highest BCUT2D eigenvalue weighted by molar-refractivity contribution is 7.92. The zero-order valence-corrected chi connectivity index (χ0v) is 15.4. The number of hydrogen-bond donors (Lipinski definition) is 1. The van der Waals surface area contributed by atoms with Crippen molar-refractivity contribution in [2.45, 2.75) is 31.6 Å². The molecule has 1 heterocycles. The standard InChI is InChI=1S/C16H24N2O3S.ClH/c1-4-13-5-7-14(8-6-13)15-11-17-9-10-18(15)16(19)12(2)22(3,20)21;/h5-8,12,15,17H,4,9-11H2,1-3H3;1H. The lowest BCUT2D eigenvalue weighted by atomic mass is 10.0. The number of aryl methyl sites for hydroxylation is 1. The summed E-state index contributed by atoms with van der Waals surface area (Å²) in [6, 6.07) is 8.07. The Kier molecular flexibility index (Phi) is 7.04. The molecule has 1 aliphatic heterocycles. The van der Waals surface area contributed by atoms with E-state index in [0.717, 1.165) is 18.2 Å². The molecule has 0 radical (unpaired) electrons. The van der Waals surface area contributed by atoms with Crippen LogP contribution in [0.1, 0.15) is 31.0 Å². The second-order valence-corrected chi connectivity index (χ2v) is 8.18. The van der Waals surface area contributed by atoms with Crippen LogP contribution in [0.3, 0.4) is 0 Å². The topological polar surface area (TPSA) is 66.5 Å². The lowest BCUT2D eigenvalue weighted by Crippen LogP contribution is -2.52. The Morgan fingerprint density at radius 3 is 2.48 bits per heavy atom. The molecule has 2 unspecified atom stereocenters. The van der Waals surface area contributed by atoms with Gasteiger partial charge in [0, 0.05) is 25.9 Å². The van der Waals surface area contributed by atoms with Gasteiger partial charge in [0.15, 0.2) is 9.84 Å². The average Bonchev–Trinajstić information content (AvgIpc) is 2.52. The fraction of sp³-hybridized carbons (Fsp3) is 0.562. The van der Waals surface area contributed by atoms with Gasteiger partial charge in [-0.05, 0) is 24.5 Å². The third-order valence-corrected chi connectivity index (χ3v) is 5.78. The molecule has 1 aromatic carbocycles. The quantitative estimate of drug-likeness (QED) is 0.885. The monoisotopic (exact) mass is 360 g/mol. The third-order valence-electron chi connectivity index (χ3n) is 4.29. The summed E-state index contributed by atoms with van der Waals surface area (Å²) in [5, 5.41) is 2.28. The van der Waals surface area contributed by atoms with E-state index < -0.39 is 15.1 Å². The number of carbonyl (C=O) groups is 1. The minimum atomic E-state index is -3.38. The first-order valence-electron chi connectivity index (χ1n) is 7.63. The van der Waals surface area contributed by atoms with Gasteiger partial charge in [0.05, 0.1) is 6.04 Å². The predicted molar refractivity (Wildman–Crippen MR) is 94.7 cm³/mol. The molecular formula is C16H25ClN2O3S. The van der Waals surface area contributed by atoms with E-state index in [0.29, 0.717) is 19.6 Å². The van der Waals surface area contributed by atoms with Crippen LogP contribution in [0, 0.1) is 0 Å². The summed E-state index contributed by atoms with van der Waals surface area (Å²) in [6.07, 6.45) is 2.08. The van der Waals surface area contributed by atoms with Crippen molar-refractivity contribution in [3.05, 3.63) is 35.4 Å². The largest absolute Gasteiger partial charge is 0.332 e. The highest BCUT2D eigenvalue weighted by atomic mass is 35.5. The van der Waals surface area contributed by atoms with Crippen molar-refractivity contribution < 1.29 is 13.2 Å². The maximum atomic E-state index is 12.6.